The van der Waals surface area contributed by atoms with E-state index in [1.807, 2.05) is 25.9 Å². The Balaban J connectivity index is 2.12. The molecule has 0 atom stereocenters. The zero-order chi connectivity index (χ0) is 13.8. The van der Waals surface area contributed by atoms with E-state index in [0.29, 0.717) is 0 Å². The van der Waals surface area contributed by atoms with Gasteiger partial charge in [-0.15, -0.1) is 0 Å². The van der Waals surface area contributed by atoms with Crippen molar-refractivity contribution in [2.45, 2.75) is 5.75 Å². The average Bonchev–Trinajstić information content (AvgIpc) is 2.76. The van der Waals surface area contributed by atoms with Crippen LogP contribution in [0.4, 0.5) is 5.82 Å². The molecule has 0 bridgehead atoms. The summed E-state index contributed by atoms with van der Waals surface area (Å²) in [7, 11) is 7.94. The molecular weight excluding hydrogens is 260 g/mol. The maximum Gasteiger partial charge on any atom is 0.163 e. The van der Waals surface area contributed by atoms with E-state index in [9.17, 15) is 0 Å². The maximum atomic E-state index is 4.57. The summed E-state index contributed by atoms with van der Waals surface area (Å²) >= 11 is 1.85. The Morgan fingerprint density at radius 2 is 2.16 bits per heavy atom. The molecule has 0 aliphatic carbocycles. The van der Waals surface area contributed by atoms with Crippen molar-refractivity contribution in [3.05, 3.63) is 12.0 Å². The average molecular weight is 280 g/mol. The van der Waals surface area contributed by atoms with Crippen LogP contribution >= 0.6 is 11.8 Å². The summed E-state index contributed by atoms with van der Waals surface area (Å²) in [5, 5.41) is 8.30. The summed E-state index contributed by atoms with van der Waals surface area (Å²) < 4.78 is 1.78. The van der Waals surface area contributed by atoms with Crippen molar-refractivity contribution in [2.75, 3.05) is 38.8 Å². The van der Waals surface area contributed by atoms with Gasteiger partial charge in [0.25, 0.3) is 0 Å². The molecule has 6 nitrogen and oxygen atoms in total. The van der Waals surface area contributed by atoms with Crippen LogP contribution in [0.3, 0.4) is 0 Å². The molecule has 0 aliphatic heterocycles. The zero-order valence-corrected chi connectivity index (χ0v) is 12.7. The number of nitrogens with one attached hydrogen (secondary N) is 1. The minimum absolute atomic E-state index is 0.823. The molecule has 0 fully saturated rings. The SMILES string of the molecule is CNc1nc(CSCCN(C)C)nc2c1cnn2C. The van der Waals surface area contributed by atoms with E-state index in [1.54, 1.807) is 10.9 Å². The summed E-state index contributed by atoms with van der Waals surface area (Å²) in [4.78, 5) is 11.3. The fourth-order valence-corrected chi connectivity index (χ4v) is 2.68. The molecule has 2 heterocycles. The summed E-state index contributed by atoms with van der Waals surface area (Å²) in [5.41, 5.74) is 0.877. The van der Waals surface area contributed by atoms with Crippen molar-refractivity contribution >= 4 is 28.6 Å². The van der Waals surface area contributed by atoms with Crippen LogP contribution in [0.1, 0.15) is 5.82 Å². The van der Waals surface area contributed by atoms with Crippen LogP contribution in [-0.4, -0.2) is 58.1 Å². The minimum atomic E-state index is 0.823. The van der Waals surface area contributed by atoms with Crippen molar-refractivity contribution < 1.29 is 0 Å². The lowest BCUT2D eigenvalue weighted by Crippen LogP contribution is -2.15. The second-order valence-corrected chi connectivity index (χ2v) is 5.70. The molecule has 0 amide bonds. The van der Waals surface area contributed by atoms with Crippen LogP contribution < -0.4 is 5.32 Å². The molecule has 7 heteroatoms. The van der Waals surface area contributed by atoms with Gasteiger partial charge in [-0.1, -0.05) is 0 Å². The first kappa shape index (κ1) is 14.1. The highest BCUT2D eigenvalue weighted by atomic mass is 32.2. The molecule has 0 radical (unpaired) electrons. The molecule has 2 aromatic rings. The third kappa shape index (κ3) is 3.36. The van der Waals surface area contributed by atoms with E-state index in [1.165, 1.54) is 0 Å². The number of nitrogens with zero attached hydrogens (tertiary/aromatic N) is 5. The van der Waals surface area contributed by atoms with Gasteiger partial charge >= 0.3 is 0 Å². The van der Waals surface area contributed by atoms with E-state index >= 15 is 0 Å². The Bertz CT molecular complexity index is 550. The Kier molecular flexibility index (Phi) is 4.60. The molecule has 0 aromatic carbocycles. The minimum Gasteiger partial charge on any atom is -0.372 e. The third-order valence-corrected chi connectivity index (χ3v) is 3.72. The fraction of sp³-hybridized carbons (Fsp3) is 0.583. The van der Waals surface area contributed by atoms with E-state index < -0.39 is 0 Å². The number of hydrogen-bond acceptors (Lipinski definition) is 6. The fourth-order valence-electron chi connectivity index (χ4n) is 1.73. The van der Waals surface area contributed by atoms with Crippen molar-refractivity contribution in [2.24, 2.45) is 7.05 Å². The van der Waals surface area contributed by atoms with Crippen LogP contribution in [-0.2, 0) is 12.8 Å². The van der Waals surface area contributed by atoms with Gasteiger partial charge in [-0.05, 0) is 14.1 Å². The second kappa shape index (κ2) is 6.21. The highest BCUT2D eigenvalue weighted by molar-refractivity contribution is 7.98. The summed E-state index contributed by atoms with van der Waals surface area (Å²) in [6, 6.07) is 0. The lowest BCUT2D eigenvalue weighted by molar-refractivity contribution is 0.437. The smallest absolute Gasteiger partial charge is 0.163 e. The van der Waals surface area contributed by atoms with Gasteiger partial charge in [-0.3, -0.25) is 4.68 Å². The lowest BCUT2D eigenvalue weighted by atomic mass is 10.4. The Morgan fingerprint density at radius 3 is 2.84 bits per heavy atom. The van der Waals surface area contributed by atoms with E-state index in [2.05, 4.69) is 39.4 Å². The standard InChI is InChI=1S/C12H20N6S/c1-13-11-9-7-14-18(4)12(9)16-10(15-11)8-19-6-5-17(2)3/h7H,5-6,8H2,1-4H3,(H,13,15,16). The second-order valence-electron chi connectivity index (χ2n) is 4.60. The van der Waals surface area contributed by atoms with Crippen molar-refractivity contribution in [1.29, 1.82) is 0 Å². The van der Waals surface area contributed by atoms with Gasteiger partial charge in [0.15, 0.2) is 5.65 Å². The predicted molar refractivity (Wildman–Crippen MR) is 80.6 cm³/mol. The van der Waals surface area contributed by atoms with Gasteiger partial charge < -0.3 is 10.2 Å². The molecule has 19 heavy (non-hydrogen) atoms. The van der Waals surface area contributed by atoms with Crippen LogP contribution in [0.25, 0.3) is 11.0 Å². The number of anilines is 1. The normalized spacial score (nSPS) is 11.4. The molecule has 0 saturated heterocycles. The van der Waals surface area contributed by atoms with Gasteiger partial charge in [-0.25, -0.2) is 9.97 Å². The van der Waals surface area contributed by atoms with Crippen molar-refractivity contribution in [3.8, 4) is 0 Å². The van der Waals surface area contributed by atoms with Crippen LogP contribution in [0.2, 0.25) is 0 Å². The number of fused-ring (bicyclic) bond motifs is 1. The number of aromatic nitrogens is 4. The number of aryl methyl sites for hydroxylation is 1. The van der Waals surface area contributed by atoms with Crippen molar-refractivity contribution in [1.82, 2.24) is 24.6 Å². The van der Waals surface area contributed by atoms with E-state index in [0.717, 1.165) is 40.7 Å². The maximum absolute atomic E-state index is 4.57. The summed E-state index contributed by atoms with van der Waals surface area (Å²) in [6.07, 6.45) is 1.80. The molecule has 0 aliphatic rings. The van der Waals surface area contributed by atoms with Gasteiger partial charge in [0.2, 0.25) is 0 Å². The van der Waals surface area contributed by atoms with Crippen LogP contribution in [0, 0.1) is 0 Å². The molecular formula is C12H20N6S. The van der Waals surface area contributed by atoms with Gasteiger partial charge in [0, 0.05) is 26.4 Å². The molecule has 2 aromatic heterocycles. The zero-order valence-electron chi connectivity index (χ0n) is 11.8. The van der Waals surface area contributed by atoms with E-state index in [-0.39, 0.29) is 0 Å². The Morgan fingerprint density at radius 1 is 1.37 bits per heavy atom. The summed E-state index contributed by atoms with van der Waals surface area (Å²) in [5.74, 6) is 3.60. The van der Waals surface area contributed by atoms with Crippen molar-refractivity contribution in [3.63, 3.8) is 0 Å². The van der Waals surface area contributed by atoms with Crippen LogP contribution in [0.5, 0.6) is 0 Å². The quantitative estimate of drug-likeness (QED) is 0.802. The van der Waals surface area contributed by atoms with Crippen LogP contribution in [0.15, 0.2) is 6.20 Å². The largest absolute Gasteiger partial charge is 0.372 e. The highest BCUT2D eigenvalue weighted by Crippen LogP contribution is 2.20. The molecule has 0 saturated carbocycles. The number of rotatable bonds is 6. The molecule has 0 spiro atoms. The predicted octanol–water partition coefficient (Wildman–Crippen LogP) is 1.20. The Hall–Kier alpha value is -1.34. The van der Waals surface area contributed by atoms with Gasteiger partial charge in [-0.2, -0.15) is 16.9 Å². The van der Waals surface area contributed by atoms with E-state index in [4.69, 9.17) is 0 Å². The first-order valence-corrected chi connectivity index (χ1v) is 7.36. The Labute approximate surface area is 117 Å². The third-order valence-electron chi connectivity index (χ3n) is 2.79. The summed E-state index contributed by atoms with van der Waals surface area (Å²) in [6.45, 7) is 1.07. The monoisotopic (exact) mass is 280 g/mol. The topological polar surface area (TPSA) is 58.9 Å². The molecule has 1 N–H and O–H groups in total. The van der Waals surface area contributed by atoms with Gasteiger partial charge in [0.05, 0.1) is 17.3 Å². The molecule has 2 rings (SSSR count). The highest BCUT2D eigenvalue weighted by Gasteiger charge is 2.10. The van der Waals surface area contributed by atoms with Gasteiger partial charge in [0.1, 0.15) is 11.6 Å². The molecule has 0 unspecified atom stereocenters. The first-order valence-electron chi connectivity index (χ1n) is 6.20. The first-order chi connectivity index (χ1) is 9.11. The molecule has 104 valence electrons. The number of thioether (sulfide) groups is 1. The lowest BCUT2D eigenvalue weighted by Gasteiger charge is -2.09. The number of hydrogen-bond donors (Lipinski definition) is 1.